The van der Waals surface area contributed by atoms with E-state index in [1.807, 2.05) is 38.1 Å². The molecule has 150 valence electrons. The molecule has 2 heterocycles. The van der Waals surface area contributed by atoms with Crippen LogP contribution in [0, 0.1) is 13.8 Å². The van der Waals surface area contributed by atoms with Crippen LogP contribution >= 0.6 is 15.9 Å². The Morgan fingerprint density at radius 2 is 1.70 bits per heavy atom. The second kappa shape index (κ2) is 7.88. The topological polar surface area (TPSA) is 70.5 Å². The SMILES string of the molecule is Cc1cc(/C(O)=C2/C(=O)C(=O)N(c3ccccc3C)C2c2ccncc2)ccc1Br. The van der Waals surface area contributed by atoms with Crippen molar-refractivity contribution in [1.29, 1.82) is 0 Å². The molecule has 6 heteroatoms. The van der Waals surface area contributed by atoms with Gasteiger partial charge in [-0.25, -0.2) is 0 Å². The van der Waals surface area contributed by atoms with Crippen molar-refractivity contribution in [2.24, 2.45) is 0 Å². The smallest absolute Gasteiger partial charge is 0.300 e. The molecule has 0 bridgehead atoms. The van der Waals surface area contributed by atoms with E-state index in [0.717, 1.165) is 15.6 Å². The van der Waals surface area contributed by atoms with Gasteiger partial charge in [0, 0.05) is 28.1 Å². The van der Waals surface area contributed by atoms with E-state index >= 15 is 0 Å². The molecular weight excluding hydrogens is 444 g/mol. The van der Waals surface area contributed by atoms with Crippen molar-refractivity contribution in [3.8, 4) is 0 Å². The number of aryl methyl sites for hydroxylation is 2. The largest absolute Gasteiger partial charge is 0.507 e. The number of halogens is 1. The van der Waals surface area contributed by atoms with Gasteiger partial charge in [-0.05, 0) is 60.9 Å². The molecule has 1 amide bonds. The molecule has 1 aliphatic rings. The summed E-state index contributed by atoms with van der Waals surface area (Å²) in [5.41, 5.74) is 3.65. The first-order valence-electron chi connectivity index (χ1n) is 9.43. The first kappa shape index (κ1) is 20.0. The Balaban J connectivity index is 1.97. The number of anilines is 1. The lowest BCUT2D eigenvalue weighted by Crippen LogP contribution is -2.30. The van der Waals surface area contributed by atoms with E-state index in [2.05, 4.69) is 20.9 Å². The van der Waals surface area contributed by atoms with Crippen molar-refractivity contribution in [2.45, 2.75) is 19.9 Å². The maximum Gasteiger partial charge on any atom is 0.300 e. The van der Waals surface area contributed by atoms with Crippen LogP contribution < -0.4 is 4.90 Å². The van der Waals surface area contributed by atoms with E-state index in [-0.39, 0.29) is 11.3 Å². The summed E-state index contributed by atoms with van der Waals surface area (Å²) in [6, 6.07) is 15.5. The van der Waals surface area contributed by atoms with Gasteiger partial charge in [-0.2, -0.15) is 0 Å². The number of ketones is 1. The van der Waals surface area contributed by atoms with Crippen molar-refractivity contribution in [3.63, 3.8) is 0 Å². The fourth-order valence-electron chi connectivity index (χ4n) is 3.72. The van der Waals surface area contributed by atoms with Gasteiger partial charge in [-0.3, -0.25) is 19.5 Å². The molecule has 1 unspecified atom stereocenters. The normalized spacial score (nSPS) is 18.1. The van der Waals surface area contributed by atoms with Crippen LogP contribution in [0.15, 0.2) is 77.0 Å². The quantitative estimate of drug-likeness (QED) is 0.334. The predicted molar refractivity (Wildman–Crippen MR) is 119 cm³/mol. The molecule has 4 rings (SSSR count). The van der Waals surface area contributed by atoms with Crippen LogP contribution in [0.3, 0.4) is 0 Å². The number of rotatable bonds is 3. The zero-order valence-electron chi connectivity index (χ0n) is 16.5. The number of aliphatic hydroxyl groups excluding tert-OH is 1. The van der Waals surface area contributed by atoms with Gasteiger partial charge in [-0.15, -0.1) is 0 Å². The third-order valence-corrected chi connectivity index (χ3v) is 6.16. The van der Waals surface area contributed by atoms with Crippen molar-refractivity contribution in [2.75, 3.05) is 4.90 Å². The molecular formula is C24H19BrN2O3. The summed E-state index contributed by atoms with van der Waals surface area (Å²) in [7, 11) is 0. The standard InChI is InChI=1S/C24H19BrN2O3/c1-14-5-3-4-6-19(14)27-21(16-9-11-26-12-10-16)20(23(29)24(27)30)22(28)17-7-8-18(25)15(2)13-17/h3-13,21,28H,1-2H3/b22-20-. The Bertz CT molecular complexity index is 1190. The van der Waals surface area contributed by atoms with Crippen LogP contribution in [0.2, 0.25) is 0 Å². The zero-order valence-corrected chi connectivity index (χ0v) is 18.1. The summed E-state index contributed by atoms with van der Waals surface area (Å²) in [5, 5.41) is 11.1. The van der Waals surface area contributed by atoms with Gasteiger partial charge < -0.3 is 5.11 Å². The fourth-order valence-corrected chi connectivity index (χ4v) is 3.97. The second-order valence-electron chi connectivity index (χ2n) is 7.20. The highest BCUT2D eigenvalue weighted by molar-refractivity contribution is 9.10. The number of aromatic nitrogens is 1. The van der Waals surface area contributed by atoms with E-state index < -0.39 is 17.7 Å². The van der Waals surface area contributed by atoms with Crippen LogP contribution in [0.5, 0.6) is 0 Å². The minimum absolute atomic E-state index is 0.0659. The van der Waals surface area contributed by atoms with Crippen LogP contribution in [-0.2, 0) is 9.59 Å². The lowest BCUT2D eigenvalue weighted by molar-refractivity contribution is -0.132. The number of hydrogen-bond donors (Lipinski definition) is 1. The maximum absolute atomic E-state index is 13.1. The first-order valence-corrected chi connectivity index (χ1v) is 10.2. The van der Waals surface area contributed by atoms with E-state index in [1.54, 1.807) is 42.7 Å². The molecule has 1 N–H and O–H groups in total. The number of amides is 1. The maximum atomic E-state index is 13.1. The van der Waals surface area contributed by atoms with Gasteiger partial charge in [0.1, 0.15) is 5.76 Å². The number of nitrogens with zero attached hydrogens (tertiary/aromatic N) is 2. The van der Waals surface area contributed by atoms with Crippen molar-refractivity contribution < 1.29 is 14.7 Å². The Hall–Kier alpha value is -3.25. The van der Waals surface area contributed by atoms with E-state index in [0.29, 0.717) is 16.8 Å². The Labute approximate surface area is 182 Å². The first-order chi connectivity index (χ1) is 14.4. The Kier molecular flexibility index (Phi) is 5.26. The van der Waals surface area contributed by atoms with Gasteiger partial charge in [0.25, 0.3) is 11.7 Å². The van der Waals surface area contributed by atoms with Gasteiger partial charge in [-0.1, -0.05) is 40.2 Å². The molecule has 3 aromatic rings. The number of pyridine rings is 1. The van der Waals surface area contributed by atoms with Crippen LogP contribution in [-0.4, -0.2) is 21.8 Å². The zero-order chi connectivity index (χ0) is 21.4. The highest BCUT2D eigenvalue weighted by atomic mass is 79.9. The molecule has 1 saturated heterocycles. The molecule has 1 fully saturated rings. The third kappa shape index (κ3) is 3.33. The van der Waals surface area contributed by atoms with Crippen molar-refractivity contribution in [1.82, 2.24) is 4.98 Å². The molecule has 1 atom stereocenters. The Morgan fingerprint density at radius 3 is 2.37 bits per heavy atom. The summed E-state index contributed by atoms with van der Waals surface area (Å²) in [6.45, 7) is 3.78. The second-order valence-corrected chi connectivity index (χ2v) is 8.05. The van der Waals surface area contributed by atoms with Crippen LogP contribution in [0.4, 0.5) is 5.69 Å². The highest BCUT2D eigenvalue weighted by Crippen LogP contribution is 2.43. The van der Waals surface area contributed by atoms with Crippen LogP contribution in [0.1, 0.15) is 28.3 Å². The van der Waals surface area contributed by atoms with Crippen LogP contribution in [0.25, 0.3) is 5.76 Å². The molecule has 0 aliphatic carbocycles. The van der Waals surface area contributed by atoms with Crippen molar-refractivity contribution >= 4 is 39.1 Å². The summed E-state index contributed by atoms with van der Waals surface area (Å²) < 4.78 is 0.894. The monoisotopic (exact) mass is 462 g/mol. The molecule has 0 saturated carbocycles. The molecule has 5 nitrogen and oxygen atoms in total. The number of hydrogen-bond acceptors (Lipinski definition) is 4. The lowest BCUT2D eigenvalue weighted by Gasteiger charge is -2.26. The number of aliphatic hydroxyl groups is 1. The molecule has 2 aromatic carbocycles. The van der Waals surface area contributed by atoms with E-state index in [1.165, 1.54) is 4.90 Å². The van der Waals surface area contributed by atoms with Gasteiger partial charge >= 0.3 is 0 Å². The summed E-state index contributed by atoms with van der Waals surface area (Å²) in [6.07, 6.45) is 3.22. The molecule has 1 aromatic heterocycles. The molecule has 0 spiro atoms. The summed E-state index contributed by atoms with van der Waals surface area (Å²) in [5.74, 6) is -1.57. The van der Waals surface area contributed by atoms with E-state index in [4.69, 9.17) is 0 Å². The van der Waals surface area contributed by atoms with Gasteiger partial charge in [0.05, 0.1) is 11.6 Å². The summed E-state index contributed by atoms with van der Waals surface area (Å²) >= 11 is 3.45. The Morgan fingerprint density at radius 1 is 1.00 bits per heavy atom. The fraction of sp³-hybridized carbons (Fsp3) is 0.125. The number of para-hydroxylation sites is 1. The van der Waals surface area contributed by atoms with Gasteiger partial charge in [0.2, 0.25) is 0 Å². The van der Waals surface area contributed by atoms with Gasteiger partial charge in [0.15, 0.2) is 0 Å². The number of benzene rings is 2. The van der Waals surface area contributed by atoms with E-state index in [9.17, 15) is 14.7 Å². The molecule has 1 aliphatic heterocycles. The lowest BCUT2D eigenvalue weighted by atomic mass is 9.95. The van der Waals surface area contributed by atoms with Crippen molar-refractivity contribution in [3.05, 3.63) is 99.3 Å². The average Bonchev–Trinajstić information content (AvgIpc) is 3.01. The average molecular weight is 463 g/mol. The number of carbonyl (C=O) groups excluding carboxylic acids is 2. The predicted octanol–water partition coefficient (Wildman–Crippen LogP) is 5.09. The third-order valence-electron chi connectivity index (χ3n) is 5.27. The minimum atomic E-state index is -0.752. The number of Topliss-reactive ketones (excluding diaryl/α,β-unsaturated/α-hetero) is 1. The summed E-state index contributed by atoms with van der Waals surface area (Å²) in [4.78, 5) is 31.7. The minimum Gasteiger partial charge on any atom is -0.507 e. The molecule has 30 heavy (non-hydrogen) atoms. The number of carbonyl (C=O) groups is 2. The molecule has 0 radical (unpaired) electrons. The highest BCUT2D eigenvalue weighted by Gasteiger charge is 2.47.